The molecular weight excluding hydrogens is 251 g/mol. The first-order valence-corrected chi connectivity index (χ1v) is 5.47. The van der Waals surface area contributed by atoms with E-state index in [9.17, 15) is 14.3 Å². The molecule has 2 rings (SSSR count). The van der Waals surface area contributed by atoms with E-state index in [1.54, 1.807) is 0 Å². The van der Waals surface area contributed by atoms with Crippen LogP contribution >= 0.6 is 0 Å². The van der Waals surface area contributed by atoms with Crippen LogP contribution in [0.2, 0.25) is 0 Å². The molecule has 1 aromatic heterocycles. The van der Waals surface area contributed by atoms with Crippen LogP contribution < -0.4 is 5.32 Å². The Morgan fingerprint density at radius 3 is 2.79 bits per heavy atom. The molecule has 0 radical (unpaired) electrons. The van der Waals surface area contributed by atoms with Crippen LogP contribution in [0.5, 0.6) is 11.5 Å². The van der Waals surface area contributed by atoms with E-state index in [0.717, 1.165) is 6.07 Å². The first-order chi connectivity index (χ1) is 9.08. The Bertz CT molecular complexity index is 617. The predicted molar refractivity (Wildman–Crippen MR) is 65.1 cm³/mol. The first kappa shape index (κ1) is 12.8. The predicted octanol–water partition coefficient (Wildman–Crippen LogP) is 1.56. The summed E-state index contributed by atoms with van der Waals surface area (Å²) in [4.78, 5) is 15.5. The maximum atomic E-state index is 13.3. The van der Waals surface area contributed by atoms with E-state index in [4.69, 9.17) is 5.11 Å². The van der Waals surface area contributed by atoms with Gasteiger partial charge in [-0.3, -0.25) is 9.78 Å². The largest absolute Gasteiger partial charge is 0.508 e. The minimum atomic E-state index is -0.581. The van der Waals surface area contributed by atoms with Gasteiger partial charge in [-0.1, -0.05) is 0 Å². The van der Waals surface area contributed by atoms with Crippen molar-refractivity contribution in [1.29, 1.82) is 0 Å². The third kappa shape index (κ3) is 2.98. The summed E-state index contributed by atoms with van der Waals surface area (Å²) in [6, 6.07) is 6.29. The monoisotopic (exact) mass is 262 g/mol. The van der Waals surface area contributed by atoms with Gasteiger partial charge in [-0.2, -0.15) is 0 Å². The van der Waals surface area contributed by atoms with Crippen LogP contribution in [0.15, 0.2) is 36.5 Å². The van der Waals surface area contributed by atoms with Crippen LogP contribution in [0.4, 0.5) is 4.39 Å². The van der Waals surface area contributed by atoms with Crippen molar-refractivity contribution in [2.45, 2.75) is 6.54 Å². The molecule has 5 nitrogen and oxygen atoms in total. The minimum Gasteiger partial charge on any atom is -0.508 e. The number of halogens is 1. The zero-order valence-corrected chi connectivity index (χ0v) is 9.80. The van der Waals surface area contributed by atoms with Gasteiger partial charge in [0.1, 0.15) is 17.3 Å². The standard InChI is InChI=1S/C13H11FN2O3/c14-10-2-1-5-15-11(10)7-16-13(19)9-4-3-8(17)6-12(9)18/h1-6,17-18H,7H2,(H,16,19). The molecule has 19 heavy (non-hydrogen) atoms. The summed E-state index contributed by atoms with van der Waals surface area (Å²) in [5.74, 6) is -1.59. The summed E-state index contributed by atoms with van der Waals surface area (Å²) in [5, 5.41) is 21.0. The smallest absolute Gasteiger partial charge is 0.255 e. The normalized spacial score (nSPS) is 10.2. The molecule has 0 aliphatic rings. The van der Waals surface area contributed by atoms with Crippen LogP contribution in [0, 0.1) is 5.82 Å². The Balaban J connectivity index is 2.08. The molecule has 2 aromatic rings. The van der Waals surface area contributed by atoms with Crippen molar-refractivity contribution < 1.29 is 19.4 Å². The number of amides is 1. The molecule has 0 spiro atoms. The Morgan fingerprint density at radius 2 is 2.11 bits per heavy atom. The second kappa shape index (κ2) is 5.34. The number of carbonyl (C=O) groups is 1. The SMILES string of the molecule is O=C(NCc1ncccc1F)c1ccc(O)cc1O. The summed E-state index contributed by atoms with van der Waals surface area (Å²) in [5.41, 5.74) is 0.100. The molecule has 1 heterocycles. The van der Waals surface area contributed by atoms with Crippen molar-refractivity contribution >= 4 is 5.91 Å². The number of aromatic hydroxyl groups is 2. The highest BCUT2D eigenvalue weighted by Gasteiger charge is 2.12. The van der Waals surface area contributed by atoms with Crippen LogP contribution in [-0.4, -0.2) is 21.1 Å². The lowest BCUT2D eigenvalue weighted by Crippen LogP contribution is -2.23. The molecular formula is C13H11FN2O3. The van der Waals surface area contributed by atoms with Gasteiger partial charge < -0.3 is 15.5 Å². The van der Waals surface area contributed by atoms with Gasteiger partial charge in [-0.25, -0.2) is 4.39 Å². The maximum Gasteiger partial charge on any atom is 0.255 e. The lowest BCUT2D eigenvalue weighted by molar-refractivity contribution is 0.0947. The fourth-order valence-electron chi connectivity index (χ4n) is 1.52. The molecule has 6 heteroatoms. The molecule has 98 valence electrons. The van der Waals surface area contributed by atoms with Gasteiger partial charge in [0, 0.05) is 12.3 Å². The highest BCUT2D eigenvalue weighted by molar-refractivity contribution is 5.96. The molecule has 0 saturated heterocycles. The highest BCUT2D eigenvalue weighted by atomic mass is 19.1. The van der Waals surface area contributed by atoms with Gasteiger partial charge in [-0.15, -0.1) is 0 Å². The summed E-state index contributed by atoms with van der Waals surface area (Å²) in [7, 11) is 0. The lowest BCUT2D eigenvalue weighted by atomic mass is 10.2. The number of carbonyl (C=O) groups excluding carboxylic acids is 1. The molecule has 0 aliphatic carbocycles. The molecule has 0 atom stereocenters. The second-order valence-electron chi connectivity index (χ2n) is 3.82. The van der Waals surface area contributed by atoms with Crippen LogP contribution in [-0.2, 0) is 6.54 Å². The fourth-order valence-corrected chi connectivity index (χ4v) is 1.52. The molecule has 0 fully saturated rings. The van der Waals surface area contributed by atoms with Crippen LogP contribution in [0.3, 0.4) is 0 Å². The zero-order valence-electron chi connectivity index (χ0n) is 9.80. The zero-order chi connectivity index (χ0) is 13.8. The molecule has 0 saturated carbocycles. The molecule has 0 bridgehead atoms. The van der Waals surface area contributed by atoms with E-state index in [-0.39, 0.29) is 29.3 Å². The summed E-state index contributed by atoms with van der Waals surface area (Å²) in [6.07, 6.45) is 1.42. The van der Waals surface area contributed by atoms with Crippen molar-refractivity contribution in [1.82, 2.24) is 10.3 Å². The maximum absolute atomic E-state index is 13.3. The second-order valence-corrected chi connectivity index (χ2v) is 3.82. The van der Waals surface area contributed by atoms with Crippen molar-refractivity contribution in [3.05, 3.63) is 53.6 Å². The Morgan fingerprint density at radius 1 is 1.32 bits per heavy atom. The van der Waals surface area contributed by atoms with Gasteiger partial charge in [0.25, 0.3) is 5.91 Å². The minimum absolute atomic E-state index is 0.00543. The number of benzene rings is 1. The van der Waals surface area contributed by atoms with Gasteiger partial charge >= 0.3 is 0 Å². The van der Waals surface area contributed by atoms with Crippen molar-refractivity contribution in [3.8, 4) is 11.5 Å². The van der Waals surface area contributed by atoms with Crippen molar-refractivity contribution in [2.75, 3.05) is 0 Å². The van der Waals surface area contributed by atoms with E-state index < -0.39 is 11.7 Å². The Hall–Kier alpha value is -2.63. The Kier molecular flexibility index (Phi) is 3.61. The number of pyridine rings is 1. The average molecular weight is 262 g/mol. The van der Waals surface area contributed by atoms with E-state index in [0.29, 0.717) is 0 Å². The molecule has 1 aromatic carbocycles. The summed E-state index contributed by atoms with van der Waals surface area (Å²) >= 11 is 0. The summed E-state index contributed by atoms with van der Waals surface area (Å²) < 4.78 is 13.3. The molecule has 0 aliphatic heterocycles. The number of aromatic nitrogens is 1. The van der Waals surface area contributed by atoms with Gasteiger partial charge in [0.15, 0.2) is 0 Å². The van der Waals surface area contributed by atoms with Gasteiger partial charge in [0.05, 0.1) is 17.8 Å². The first-order valence-electron chi connectivity index (χ1n) is 5.47. The molecule has 1 amide bonds. The number of hydrogen-bond donors (Lipinski definition) is 3. The number of hydrogen-bond acceptors (Lipinski definition) is 4. The molecule has 3 N–H and O–H groups in total. The number of phenols is 2. The quantitative estimate of drug-likeness (QED) is 0.784. The third-order valence-electron chi connectivity index (χ3n) is 2.48. The lowest BCUT2D eigenvalue weighted by Gasteiger charge is -2.07. The topological polar surface area (TPSA) is 82.5 Å². The van der Waals surface area contributed by atoms with E-state index in [1.807, 2.05) is 0 Å². The number of rotatable bonds is 3. The molecule has 0 unspecified atom stereocenters. The number of nitrogens with zero attached hydrogens (tertiary/aromatic N) is 1. The van der Waals surface area contributed by atoms with Crippen LogP contribution in [0.1, 0.15) is 16.1 Å². The van der Waals surface area contributed by atoms with Crippen LogP contribution in [0.25, 0.3) is 0 Å². The van der Waals surface area contributed by atoms with Gasteiger partial charge in [0.2, 0.25) is 0 Å². The fraction of sp³-hybridized carbons (Fsp3) is 0.0769. The Labute approximate surface area is 108 Å². The summed E-state index contributed by atoms with van der Waals surface area (Å²) in [6.45, 7) is -0.0914. The van der Waals surface area contributed by atoms with Crippen molar-refractivity contribution in [2.24, 2.45) is 0 Å². The van der Waals surface area contributed by atoms with E-state index in [1.165, 1.54) is 30.5 Å². The van der Waals surface area contributed by atoms with E-state index >= 15 is 0 Å². The van der Waals surface area contributed by atoms with Crippen molar-refractivity contribution in [3.63, 3.8) is 0 Å². The van der Waals surface area contributed by atoms with Gasteiger partial charge in [-0.05, 0) is 24.3 Å². The highest BCUT2D eigenvalue weighted by Crippen LogP contribution is 2.22. The number of phenolic OH excluding ortho intramolecular Hbond substituents is 2. The van der Waals surface area contributed by atoms with E-state index in [2.05, 4.69) is 10.3 Å². The third-order valence-corrected chi connectivity index (χ3v) is 2.48. The average Bonchev–Trinajstić information content (AvgIpc) is 2.37. The number of nitrogens with one attached hydrogen (secondary N) is 1.